The van der Waals surface area contributed by atoms with Gasteiger partial charge in [0.05, 0.1) is 18.1 Å². The Hall–Kier alpha value is -1.48. The van der Waals surface area contributed by atoms with Gasteiger partial charge in [0.1, 0.15) is 0 Å². The molecule has 8 heteroatoms. The van der Waals surface area contributed by atoms with E-state index in [2.05, 4.69) is 10.0 Å². The predicted molar refractivity (Wildman–Crippen MR) is 91.2 cm³/mol. The minimum atomic E-state index is -3.55. The molecule has 0 radical (unpaired) electrons. The van der Waals surface area contributed by atoms with Crippen LogP contribution in [0.15, 0.2) is 29.2 Å². The number of carbonyl (C=O) groups is 1. The van der Waals surface area contributed by atoms with Crippen LogP contribution in [0.1, 0.15) is 12.0 Å². The Kier molecular flexibility index (Phi) is 6.73. The minimum absolute atomic E-state index is 0.0259. The standard InChI is InChI=1S/C16H25N3O4S/c1-13-3-5-15(6-4-13)24(21,22)18-7-9-19(2)16(20)11-14-12-23-10-8-17-14/h3-6,14,17-18H,7-12H2,1-2H3. The molecule has 0 aliphatic carbocycles. The van der Waals surface area contributed by atoms with Crippen LogP contribution in [0, 0.1) is 6.92 Å². The molecule has 1 unspecified atom stereocenters. The zero-order valence-corrected chi connectivity index (χ0v) is 14.9. The number of carbonyl (C=O) groups excluding carboxylic acids is 1. The molecule has 2 rings (SSSR count). The molecule has 0 saturated carbocycles. The number of hydrogen-bond acceptors (Lipinski definition) is 5. The van der Waals surface area contributed by atoms with Crippen molar-refractivity contribution in [2.24, 2.45) is 0 Å². The second-order valence-electron chi connectivity index (χ2n) is 5.96. The van der Waals surface area contributed by atoms with Crippen molar-refractivity contribution in [1.29, 1.82) is 0 Å². The van der Waals surface area contributed by atoms with E-state index in [0.717, 1.165) is 12.1 Å². The van der Waals surface area contributed by atoms with Gasteiger partial charge in [-0.3, -0.25) is 4.79 Å². The van der Waals surface area contributed by atoms with Gasteiger partial charge in [-0.15, -0.1) is 0 Å². The number of amides is 1. The highest BCUT2D eigenvalue weighted by Gasteiger charge is 2.20. The lowest BCUT2D eigenvalue weighted by atomic mass is 10.2. The van der Waals surface area contributed by atoms with Crippen molar-refractivity contribution in [3.05, 3.63) is 29.8 Å². The summed E-state index contributed by atoms with van der Waals surface area (Å²) in [6.45, 7) is 4.33. The molecule has 1 aromatic carbocycles. The number of ether oxygens (including phenoxy) is 1. The van der Waals surface area contributed by atoms with Crippen LogP contribution in [0.2, 0.25) is 0 Å². The van der Waals surface area contributed by atoms with Gasteiger partial charge in [0.15, 0.2) is 0 Å². The summed E-state index contributed by atoms with van der Waals surface area (Å²) in [5, 5.41) is 3.23. The number of sulfonamides is 1. The van der Waals surface area contributed by atoms with Crippen LogP contribution >= 0.6 is 0 Å². The number of morpholine rings is 1. The fraction of sp³-hybridized carbons (Fsp3) is 0.562. The van der Waals surface area contributed by atoms with Crippen molar-refractivity contribution in [2.45, 2.75) is 24.3 Å². The van der Waals surface area contributed by atoms with Gasteiger partial charge in [0, 0.05) is 39.1 Å². The van der Waals surface area contributed by atoms with Gasteiger partial charge in [0.2, 0.25) is 15.9 Å². The molecular formula is C16H25N3O4S. The van der Waals surface area contributed by atoms with Gasteiger partial charge >= 0.3 is 0 Å². The van der Waals surface area contributed by atoms with Crippen LogP contribution in [0.25, 0.3) is 0 Å². The van der Waals surface area contributed by atoms with Gasteiger partial charge in [-0.05, 0) is 19.1 Å². The Morgan fingerprint density at radius 1 is 1.38 bits per heavy atom. The maximum Gasteiger partial charge on any atom is 0.240 e. The predicted octanol–water partition coefficient (Wildman–Crippen LogP) is 0.110. The molecule has 1 heterocycles. The van der Waals surface area contributed by atoms with Crippen molar-refractivity contribution < 1.29 is 17.9 Å². The number of hydrogen-bond donors (Lipinski definition) is 2. The number of aryl methyl sites for hydroxylation is 1. The summed E-state index contributed by atoms with van der Waals surface area (Å²) in [5.74, 6) is -0.0347. The molecule has 7 nitrogen and oxygen atoms in total. The quantitative estimate of drug-likeness (QED) is 0.725. The summed E-state index contributed by atoms with van der Waals surface area (Å²) in [6, 6.07) is 6.67. The van der Waals surface area contributed by atoms with E-state index >= 15 is 0 Å². The Balaban J connectivity index is 1.77. The molecule has 1 saturated heterocycles. The third-order valence-electron chi connectivity index (χ3n) is 3.92. The van der Waals surface area contributed by atoms with Gasteiger partial charge in [-0.25, -0.2) is 13.1 Å². The maximum atomic E-state index is 12.2. The fourth-order valence-corrected chi connectivity index (χ4v) is 3.41. The molecule has 0 spiro atoms. The van der Waals surface area contributed by atoms with Crippen LogP contribution in [0.3, 0.4) is 0 Å². The summed E-state index contributed by atoms with van der Waals surface area (Å²) in [7, 11) is -1.87. The van der Waals surface area contributed by atoms with Gasteiger partial charge in [-0.1, -0.05) is 17.7 Å². The van der Waals surface area contributed by atoms with E-state index in [1.54, 1.807) is 31.3 Å². The number of benzene rings is 1. The van der Waals surface area contributed by atoms with Crippen molar-refractivity contribution >= 4 is 15.9 Å². The molecule has 24 heavy (non-hydrogen) atoms. The Labute approximate surface area is 143 Å². The SMILES string of the molecule is Cc1ccc(S(=O)(=O)NCCN(C)C(=O)CC2COCCN2)cc1. The van der Waals surface area contributed by atoms with E-state index in [9.17, 15) is 13.2 Å². The zero-order chi connectivity index (χ0) is 17.6. The monoisotopic (exact) mass is 355 g/mol. The summed E-state index contributed by atoms with van der Waals surface area (Å²) < 4.78 is 32.2. The molecule has 1 amide bonds. The first-order valence-corrected chi connectivity index (χ1v) is 9.48. The van der Waals surface area contributed by atoms with E-state index in [1.807, 2.05) is 6.92 Å². The Bertz CT molecular complexity index is 640. The molecule has 0 bridgehead atoms. The second-order valence-corrected chi connectivity index (χ2v) is 7.72. The molecule has 1 fully saturated rings. The van der Waals surface area contributed by atoms with Crippen LogP contribution in [-0.4, -0.2) is 65.2 Å². The van der Waals surface area contributed by atoms with E-state index in [4.69, 9.17) is 4.74 Å². The number of likely N-dealkylation sites (N-methyl/N-ethyl adjacent to an activating group) is 1. The highest BCUT2D eigenvalue weighted by molar-refractivity contribution is 7.89. The fourth-order valence-electron chi connectivity index (χ4n) is 2.39. The topological polar surface area (TPSA) is 87.7 Å². The molecule has 2 N–H and O–H groups in total. The molecular weight excluding hydrogens is 330 g/mol. The van der Waals surface area contributed by atoms with E-state index in [0.29, 0.717) is 26.2 Å². The number of rotatable bonds is 7. The normalized spacial score (nSPS) is 18.3. The van der Waals surface area contributed by atoms with E-state index in [-0.39, 0.29) is 23.4 Å². The summed E-state index contributed by atoms with van der Waals surface area (Å²) in [6.07, 6.45) is 0.348. The minimum Gasteiger partial charge on any atom is -0.378 e. The molecule has 1 aliphatic rings. The van der Waals surface area contributed by atoms with Crippen LogP contribution in [-0.2, 0) is 19.6 Å². The highest BCUT2D eigenvalue weighted by atomic mass is 32.2. The lowest BCUT2D eigenvalue weighted by Crippen LogP contribution is -2.45. The van der Waals surface area contributed by atoms with Crippen LogP contribution < -0.4 is 10.0 Å². The van der Waals surface area contributed by atoms with E-state index < -0.39 is 10.0 Å². The smallest absolute Gasteiger partial charge is 0.240 e. The third-order valence-corrected chi connectivity index (χ3v) is 5.39. The van der Waals surface area contributed by atoms with E-state index in [1.165, 1.54) is 4.90 Å². The van der Waals surface area contributed by atoms with Gasteiger partial charge < -0.3 is 15.0 Å². The average Bonchev–Trinajstić information content (AvgIpc) is 2.56. The van der Waals surface area contributed by atoms with Gasteiger partial charge in [0.25, 0.3) is 0 Å². The molecule has 1 aliphatic heterocycles. The first-order chi connectivity index (χ1) is 11.4. The largest absolute Gasteiger partial charge is 0.378 e. The lowest BCUT2D eigenvalue weighted by molar-refractivity contribution is -0.131. The molecule has 134 valence electrons. The van der Waals surface area contributed by atoms with Crippen LogP contribution in [0.5, 0.6) is 0 Å². The number of nitrogens with zero attached hydrogens (tertiary/aromatic N) is 1. The zero-order valence-electron chi connectivity index (χ0n) is 14.1. The first-order valence-electron chi connectivity index (χ1n) is 8.00. The lowest BCUT2D eigenvalue weighted by Gasteiger charge is -2.25. The van der Waals surface area contributed by atoms with Gasteiger partial charge in [-0.2, -0.15) is 0 Å². The molecule has 0 aromatic heterocycles. The number of nitrogens with one attached hydrogen (secondary N) is 2. The highest BCUT2D eigenvalue weighted by Crippen LogP contribution is 2.09. The maximum absolute atomic E-state index is 12.2. The van der Waals surface area contributed by atoms with Crippen LogP contribution in [0.4, 0.5) is 0 Å². The summed E-state index contributed by atoms with van der Waals surface area (Å²) in [5.41, 5.74) is 1.000. The summed E-state index contributed by atoms with van der Waals surface area (Å²) in [4.78, 5) is 13.9. The van der Waals surface area contributed by atoms with Crippen molar-refractivity contribution in [3.63, 3.8) is 0 Å². The molecule has 1 aromatic rings. The first kappa shape index (κ1) is 18.9. The van der Waals surface area contributed by atoms with Crippen molar-refractivity contribution in [1.82, 2.24) is 14.9 Å². The second kappa shape index (κ2) is 8.57. The Morgan fingerprint density at radius 2 is 2.08 bits per heavy atom. The molecule has 1 atom stereocenters. The van der Waals surface area contributed by atoms with Crippen molar-refractivity contribution in [2.75, 3.05) is 39.9 Å². The average molecular weight is 355 g/mol. The van der Waals surface area contributed by atoms with Crippen molar-refractivity contribution in [3.8, 4) is 0 Å². The Morgan fingerprint density at radius 3 is 2.71 bits per heavy atom. The summed E-state index contributed by atoms with van der Waals surface area (Å²) >= 11 is 0. The third kappa shape index (κ3) is 5.55.